The minimum atomic E-state index is -1.01. The van der Waals surface area contributed by atoms with Gasteiger partial charge in [-0.05, 0) is 45.0 Å². The van der Waals surface area contributed by atoms with Crippen LogP contribution in [0.5, 0.6) is 5.75 Å². The van der Waals surface area contributed by atoms with Crippen molar-refractivity contribution in [2.24, 2.45) is 0 Å². The lowest BCUT2D eigenvalue weighted by Crippen LogP contribution is -2.39. The zero-order valence-corrected chi connectivity index (χ0v) is 18.1. The predicted molar refractivity (Wildman–Crippen MR) is 118 cm³/mol. The molecule has 0 saturated heterocycles. The highest BCUT2D eigenvalue weighted by Gasteiger charge is 2.34. The van der Waals surface area contributed by atoms with Crippen molar-refractivity contribution in [3.05, 3.63) is 53.7 Å². The zero-order valence-electron chi connectivity index (χ0n) is 18.1. The lowest BCUT2D eigenvalue weighted by Gasteiger charge is -2.26. The smallest absolute Gasteiger partial charge is 0.340 e. The van der Waals surface area contributed by atoms with Gasteiger partial charge in [-0.1, -0.05) is 18.2 Å². The monoisotopic (exact) mass is 436 g/mol. The Labute approximate surface area is 185 Å². The Bertz CT molecular complexity index is 1200. The number of carbonyl (C=O) groups is 3. The number of benzene rings is 2. The van der Waals surface area contributed by atoms with Crippen molar-refractivity contribution in [3.8, 4) is 11.4 Å². The molecule has 1 unspecified atom stereocenters. The maximum atomic E-state index is 12.9. The first-order valence-electron chi connectivity index (χ1n) is 10.5. The van der Waals surface area contributed by atoms with Crippen molar-refractivity contribution in [3.63, 3.8) is 0 Å². The van der Waals surface area contributed by atoms with Crippen LogP contribution in [-0.2, 0) is 19.1 Å². The third kappa shape index (κ3) is 3.68. The number of hydrogen-bond acceptors (Lipinski definition) is 6. The number of rotatable bonds is 6. The molecule has 1 amide bonds. The third-order valence-corrected chi connectivity index (χ3v) is 5.29. The summed E-state index contributed by atoms with van der Waals surface area (Å²) in [5.74, 6) is -1.10. The maximum Gasteiger partial charge on any atom is 0.340 e. The summed E-state index contributed by atoms with van der Waals surface area (Å²) in [5.41, 5.74) is 3.02. The van der Waals surface area contributed by atoms with Gasteiger partial charge in [0.25, 0.3) is 5.91 Å². The minimum absolute atomic E-state index is 0.202. The topological polar surface area (TPSA) is 95.9 Å². The van der Waals surface area contributed by atoms with E-state index in [0.717, 1.165) is 11.2 Å². The third-order valence-electron chi connectivity index (χ3n) is 5.29. The van der Waals surface area contributed by atoms with Crippen molar-refractivity contribution in [1.29, 1.82) is 0 Å². The molecule has 1 aliphatic heterocycles. The highest BCUT2D eigenvalue weighted by atomic mass is 16.5. The molecule has 2 heterocycles. The van der Waals surface area contributed by atoms with Crippen molar-refractivity contribution >= 4 is 34.4 Å². The Morgan fingerprint density at radius 2 is 1.78 bits per heavy atom. The molecule has 4 rings (SSSR count). The molecule has 32 heavy (non-hydrogen) atoms. The molecule has 166 valence electrons. The number of ether oxygens (including phenoxy) is 3. The number of aromatic nitrogens is 1. The van der Waals surface area contributed by atoms with E-state index in [-0.39, 0.29) is 19.6 Å². The van der Waals surface area contributed by atoms with E-state index >= 15 is 0 Å². The summed E-state index contributed by atoms with van der Waals surface area (Å²) >= 11 is 0. The van der Waals surface area contributed by atoms with Gasteiger partial charge in [0.15, 0.2) is 6.10 Å². The van der Waals surface area contributed by atoms with E-state index in [1.807, 2.05) is 47.9 Å². The number of para-hydroxylation sites is 1. The first-order valence-corrected chi connectivity index (χ1v) is 10.5. The van der Waals surface area contributed by atoms with Crippen LogP contribution in [0.3, 0.4) is 0 Å². The Morgan fingerprint density at radius 1 is 1.06 bits per heavy atom. The summed E-state index contributed by atoms with van der Waals surface area (Å²) < 4.78 is 18.0. The molecule has 0 fully saturated rings. The Morgan fingerprint density at radius 3 is 2.47 bits per heavy atom. The fourth-order valence-corrected chi connectivity index (χ4v) is 3.99. The van der Waals surface area contributed by atoms with Crippen LogP contribution in [-0.4, -0.2) is 41.7 Å². The van der Waals surface area contributed by atoms with E-state index in [1.165, 1.54) is 0 Å². The second-order valence-electron chi connectivity index (χ2n) is 7.29. The number of fused-ring (bicyclic) bond motifs is 3. The van der Waals surface area contributed by atoms with E-state index in [2.05, 4.69) is 5.32 Å². The SMILES string of the molecule is CCOC(=O)CC1Oc2ccc3c(c2NC1=O)c(C(=O)OCC)c(C)n3-c1ccccc1. The molecule has 1 aromatic heterocycles. The van der Waals surface area contributed by atoms with E-state index < -0.39 is 23.9 Å². The van der Waals surface area contributed by atoms with E-state index in [4.69, 9.17) is 14.2 Å². The number of anilines is 1. The summed E-state index contributed by atoms with van der Waals surface area (Å²) in [7, 11) is 0. The number of esters is 2. The standard InChI is InChI=1S/C24H24N2O6/c1-4-30-19(27)13-18-23(28)25-22-17(32-18)12-11-16-21(22)20(24(29)31-5-2)14(3)26(16)15-9-7-6-8-10-15/h6-12,18H,4-5,13H2,1-3H3,(H,25,28). The molecule has 8 heteroatoms. The normalized spacial score (nSPS) is 15.0. The Kier molecular flexibility index (Phi) is 5.85. The number of amides is 1. The van der Waals surface area contributed by atoms with Crippen LogP contribution in [0.15, 0.2) is 42.5 Å². The van der Waals surface area contributed by atoms with Gasteiger partial charge in [-0.25, -0.2) is 4.79 Å². The van der Waals surface area contributed by atoms with Crippen LogP contribution in [0.4, 0.5) is 5.69 Å². The molecule has 0 saturated carbocycles. The largest absolute Gasteiger partial charge is 0.478 e. The molecule has 1 N–H and O–H groups in total. The van der Waals surface area contributed by atoms with E-state index in [9.17, 15) is 14.4 Å². The first-order chi connectivity index (χ1) is 15.5. The number of carbonyl (C=O) groups excluding carboxylic acids is 3. The molecule has 1 atom stereocenters. The quantitative estimate of drug-likeness (QED) is 0.591. The van der Waals surface area contributed by atoms with Crippen molar-refractivity contribution in [2.75, 3.05) is 18.5 Å². The van der Waals surface area contributed by atoms with Gasteiger partial charge in [0, 0.05) is 16.8 Å². The molecule has 0 spiro atoms. The van der Waals surface area contributed by atoms with Gasteiger partial charge in [0.05, 0.1) is 36.4 Å². The van der Waals surface area contributed by atoms with Gasteiger partial charge in [-0.15, -0.1) is 0 Å². The van der Waals surface area contributed by atoms with Crippen LogP contribution in [0, 0.1) is 6.92 Å². The highest BCUT2D eigenvalue weighted by Crippen LogP contribution is 2.42. The summed E-state index contributed by atoms with van der Waals surface area (Å²) in [6.07, 6.45) is -1.21. The average molecular weight is 436 g/mol. The van der Waals surface area contributed by atoms with Gasteiger partial charge in [-0.3, -0.25) is 9.59 Å². The molecule has 1 aliphatic rings. The second-order valence-corrected chi connectivity index (χ2v) is 7.29. The van der Waals surface area contributed by atoms with Crippen LogP contribution < -0.4 is 10.1 Å². The number of nitrogens with zero attached hydrogens (tertiary/aromatic N) is 1. The van der Waals surface area contributed by atoms with Crippen LogP contribution in [0.2, 0.25) is 0 Å². The summed E-state index contributed by atoms with van der Waals surface area (Å²) in [6.45, 7) is 5.71. The molecule has 0 aliphatic carbocycles. The molecule has 2 aromatic carbocycles. The molecular formula is C24H24N2O6. The fraction of sp³-hybridized carbons (Fsp3) is 0.292. The summed E-state index contributed by atoms with van der Waals surface area (Å²) in [5, 5.41) is 3.37. The zero-order chi connectivity index (χ0) is 22.8. The molecule has 3 aromatic rings. The summed E-state index contributed by atoms with van der Waals surface area (Å²) in [6, 6.07) is 13.2. The van der Waals surface area contributed by atoms with Gasteiger partial charge < -0.3 is 24.1 Å². The van der Waals surface area contributed by atoms with Crippen molar-refractivity contribution in [2.45, 2.75) is 33.3 Å². The van der Waals surface area contributed by atoms with Gasteiger partial charge in [0.2, 0.25) is 0 Å². The van der Waals surface area contributed by atoms with Gasteiger partial charge in [0.1, 0.15) is 5.75 Å². The van der Waals surface area contributed by atoms with Crippen LogP contribution >= 0.6 is 0 Å². The van der Waals surface area contributed by atoms with Crippen LogP contribution in [0.25, 0.3) is 16.6 Å². The molecule has 8 nitrogen and oxygen atoms in total. The van der Waals surface area contributed by atoms with Gasteiger partial charge in [-0.2, -0.15) is 0 Å². The molecule has 0 bridgehead atoms. The van der Waals surface area contributed by atoms with E-state index in [1.54, 1.807) is 19.9 Å². The second kappa shape index (κ2) is 8.74. The average Bonchev–Trinajstić information content (AvgIpc) is 3.07. The van der Waals surface area contributed by atoms with Crippen molar-refractivity contribution in [1.82, 2.24) is 4.57 Å². The Hall–Kier alpha value is -3.81. The lowest BCUT2D eigenvalue weighted by molar-refractivity contribution is -0.147. The predicted octanol–water partition coefficient (Wildman–Crippen LogP) is 3.77. The maximum absolute atomic E-state index is 12.9. The highest BCUT2D eigenvalue weighted by molar-refractivity contribution is 6.16. The van der Waals surface area contributed by atoms with Crippen LogP contribution in [0.1, 0.15) is 36.3 Å². The Balaban J connectivity index is 1.88. The van der Waals surface area contributed by atoms with Crippen molar-refractivity contribution < 1.29 is 28.6 Å². The molecule has 0 radical (unpaired) electrons. The summed E-state index contributed by atoms with van der Waals surface area (Å²) in [4.78, 5) is 37.5. The fourth-order valence-electron chi connectivity index (χ4n) is 3.99. The number of hydrogen-bond donors (Lipinski definition) is 1. The lowest BCUT2D eigenvalue weighted by atomic mass is 10.1. The first kappa shape index (κ1) is 21.4. The minimum Gasteiger partial charge on any atom is -0.478 e. The van der Waals surface area contributed by atoms with Gasteiger partial charge >= 0.3 is 11.9 Å². The number of nitrogens with one attached hydrogen (secondary N) is 1. The van der Waals surface area contributed by atoms with E-state index in [0.29, 0.717) is 28.1 Å². The molecular weight excluding hydrogens is 412 g/mol.